The predicted octanol–water partition coefficient (Wildman–Crippen LogP) is 3.70. The van der Waals surface area contributed by atoms with Crippen LogP contribution in [0.4, 0.5) is 24.5 Å². The molecule has 1 N–H and O–H groups in total. The SMILES string of the molecule is CCc1cccc2c1NC(=O)[C@]21[C@@H]2C(=O)N(c3ccccc3C(F)(F)F)C(=O)[C@@H]2[C@@H]2CCCN21. The molecule has 3 fully saturated rings. The van der Waals surface area contributed by atoms with E-state index in [1.807, 2.05) is 24.0 Å². The molecule has 4 aliphatic rings. The van der Waals surface area contributed by atoms with Crippen LogP contribution in [0.3, 0.4) is 0 Å². The third-order valence-electron chi connectivity index (χ3n) is 7.95. The van der Waals surface area contributed by atoms with E-state index in [1.165, 1.54) is 12.1 Å². The molecule has 4 heterocycles. The Bertz CT molecular complexity index is 1260. The van der Waals surface area contributed by atoms with Gasteiger partial charge in [0, 0.05) is 17.3 Å². The minimum atomic E-state index is -4.74. The minimum absolute atomic E-state index is 0.380. The highest BCUT2D eigenvalue weighted by atomic mass is 19.4. The fourth-order valence-electron chi connectivity index (χ4n) is 6.73. The topological polar surface area (TPSA) is 69.7 Å². The van der Waals surface area contributed by atoms with Crippen LogP contribution in [-0.4, -0.2) is 35.2 Å². The second kappa shape index (κ2) is 6.91. The summed E-state index contributed by atoms with van der Waals surface area (Å²) in [6.45, 7) is 2.50. The molecule has 4 aliphatic heterocycles. The van der Waals surface area contributed by atoms with Gasteiger partial charge < -0.3 is 5.32 Å². The first-order chi connectivity index (χ1) is 16.2. The second-order valence-electron chi connectivity index (χ2n) is 9.35. The van der Waals surface area contributed by atoms with Crippen LogP contribution in [0.25, 0.3) is 0 Å². The second-order valence-corrected chi connectivity index (χ2v) is 9.35. The third kappa shape index (κ3) is 2.43. The predicted molar refractivity (Wildman–Crippen MR) is 117 cm³/mol. The van der Waals surface area contributed by atoms with Crippen molar-refractivity contribution in [2.75, 3.05) is 16.8 Å². The molecule has 3 amide bonds. The molecule has 176 valence electrons. The maximum Gasteiger partial charge on any atom is 0.418 e. The fourth-order valence-corrected chi connectivity index (χ4v) is 6.73. The number of nitrogens with one attached hydrogen (secondary N) is 1. The van der Waals surface area contributed by atoms with Gasteiger partial charge >= 0.3 is 6.18 Å². The van der Waals surface area contributed by atoms with E-state index in [9.17, 15) is 27.6 Å². The monoisotopic (exact) mass is 469 g/mol. The molecule has 4 atom stereocenters. The van der Waals surface area contributed by atoms with Crippen molar-refractivity contribution in [3.63, 3.8) is 0 Å². The van der Waals surface area contributed by atoms with E-state index in [2.05, 4.69) is 5.32 Å². The van der Waals surface area contributed by atoms with Crippen LogP contribution < -0.4 is 10.2 Å². The molecule has 6 rings (SSSR count). The Hall–Kier alpha value is -3.20. The zero-order valence-electron chi connectivity index (χ0n) is 18.4. The molecule has 2 aromatic carbocycles. The molecule has 6 nitrogen and oxygen atoms in total. The van der Waals surface area contributed by atoms with Gasteiger partial charge in [0.25, 0.3) is 0 Å². The number of fused-ring (bicyclic) bond motifs is 7. The number of halogens is 3. The number of benzene rings is 2. The molecule has 0 unspecified atom stereocenters. The summed E-state index contributed by atoms with van der Waals surface area (Å²) in [6.07, 6.45) is -2.73. The van der Waals surface area contributed by atoms with Crippen molar-refractivity contribution in [2.24, 2.45) is 11.8 Å². The minimum Gasteiger partial charge on any atom is -0.324 e. The molecular weight excluding hydrogens is 447 g/mol. The van der Waals surface area contributed by atoms with Crippen LogP contribution in [0.1, 0.15) is 36.5 Å². The molecule has 0 bridgehead atoms. The molecule has 2 aromatic rings. The fraction of sp³-hybridized carbons (Fsp3) is 0.400. The highest BCUT2D eigenvalue weighted by Crippen LogP contribution is 2.61. The Morgan fingerprint density at radius 1 is 1.06 bits per heavy atom. The van der Waals surface area contributed by atoms with Gasteiger partial charge in [-0.05, 0) is 43.5 Å². The lowest BCUT2D eigenvalue weighted by atomic mass is 9.75. The van der Waals surface area contributed by atoms with Crippen molar-refractivity contribution < 1.29 is 27.6 Å². The zero-order valence-corrected chi connectivity index (χ0v) is 18.4. The van der Waals surface area contributed by atoms with Crippen LogP contribution in [0.2, 0.25) is 0 Å². The number of rotatable bonds is 2. The summed E-state index contributed by atoms with van der Waals surface area (Å²) < 4.78 is 41.3. The van der Waals surface area contributed by atoms with Gasteiger partial charge in [-0.25, -0.2) is 4.90 Å². The van der Waals surface area contributed by atoms with Gasteiger partial charge in [0.15, 0.2) is 0 Å². The lowest BCUT2D eigenvalue weighted by Crippen LogP contribution is -2.54. The van der Waals surface area contributed by atoms with Gasteiger partial charge in [0.05, 0.1) is 23.1 Å². The van der Waals surface area contributed by atoms with Crippen LogP contribution >= 0.6 is 0 Å². The highest BCUT2D eigenvalue weighted by molar-refractivity contribution is 6.26. The smallest absolute Gasteiger partial charge is 0.324 e. The largest absolute Gasteiger partial charge is 0.418 e. The van der Waals surface area contributed by atoms with Crippen LogP contribution in [0.15, 0.2) is 42.5 Å². The van der Waals surface area contributed by atoms with E-state index in [-0.39, 0.29) is 11.9 Å². The summed E-state index contributed by atoms with van der Waals surface area (Å²) in [5.41, 5.74) is -0.711. The number of aryl methyl sites for hydroxylation is 1. The summed E-state index contributed by atoms with van der Waals surface area (Å²) in [6, 6.07) is 9.77. The van der Waals surface area contributed by atoms with E-state index in [0.29, 0.717) is 35.5 Å². The number of alkyl halides is 3. The first-order valence-corrected chi connectivity index (χ1v) is 11.5. The molecule has 0 radical (unpaired) electrons. The van der Waals surface area contributed by atoms with E-state index < -0.39 is 46.6 Å². The van der Waals surface area contributed by atoms with Gasteiger partial charge in [-0.3, -0.25) is 19.3 Å². The standard InChI is InChI=1S/C25H22F3N3O3/c1-2-13-7-5-9-15-20(13)29-23(34)24(15)19-18(17-11-6-12-30(17)24)21(32)31(22(19)33)16-10-4-3-8-14(16)25(26,27)28/h3-5,7-10,17-19H,2,6,11-12H2,1H3,(H,29,34)/t17-,18+,19-,24+/m0/s1. The number of nitrogens with zero attached hydrogens (tertiary/aromatic N) is 2. The average molecular weight is 469 g/mol. The summed E-state index contributed by atoms with van der Waals surface area (Å²) in [5.74, 6) is -3.74. The first kappa shape index (κ1) is 21.3. The Morgan fingerprint density at radius 2 is 1.82 bits per heavy atom. The van der Waals surface area contributed by atoms with Crippen LogP contribution in [0.5, 0.6) is 0 Å². The molecule has 1 spiro atoms. The summed E-state index contributed by atoms with van der Waals surface area (Å²) in [5, 5.41) is 2.96. The van der Waals surface area contributed by atoms with Crippen molar-refractivity contribution in [3.8, 4) is 0 Å². The number of carbonyl (C=O) groups excluding carboxylic acids is 3. The van der Waals surface area contributed by atoms with Gasteiger partial charge in [-0.15, -0.1) is 0 Å². The quantitative estimate of drug-likeness (QED) is 0.682. The molecule has 0 aliphatic carbocycles. The Labute approximate surface area is 193 Å². The van der Waals surface area contributed by atoms with E-state index in [4.69, 9.17) is 0 Å². The van der Waals surface area contributed by atoms with Crippen molar-refractivity contribution in [2.45, 2.75) is 43.9 Å². The van der Waals surface area contributed by atoms with Gasteiger partial charge in [-0.1, -0.05) is 37.3 Å². The number of anilines is 2. The number of hydrogen-bond donors (Lipinski definition) is 1. The van der Waals surface area contributed by atoms with Gasteiger partial charge in [-0.2, -0.15) is 13.2 Å². The van der Waals surface area contributed by atoms with Crippen molar-refractivity contribution in [3.05, 3.63) is 59.2 Å². The Morgan fingerprint density at radius 3 is 2.56 bits per heavy atom. The van der Waals surface area contributed by atoms with Gasteiger partial charge in [0.1, 0.15) is 5.54 Å². The van der Waals surface area contributed by atoms with Crippen molar-refractivity contribution >= 4 is 29.1 Å². The number of carbonyl (C=O) groups is 3. The number of hydrogen-bond acceptors (Lipinski definition) is 4. The molecule has 3 saturated heterocycles. The molecule has 0 saturated carbocycles. The highest BCUT2D eigenvalue weighted by Gasteiger charge is 2.75. The zero-order chi connectivity index (χ0) is 24.0. The molecule has 0 aromatic heterocycles. The Balaban J connectivity index is 1.56. The Kier molecular flexibility index (Phi) is 4.34. The molecular formula is C25H22F3N3O3. The third-order valence-corrected chi connectivity index (χ3v) is 7.95. The maximum atomic E-state index is 13.9. The lowest BCUT2D eigenvalue weighted by Gasteiger charge is -2.36. The first-order valence-electron chi connectivity index (χ1n) is 11.5. The van der Waals surface area contributed by atoms with Crippen LogP contribution in [-0.2, 0) is 32.5 Å². The summed E-state index contributed by atoms with van der Waals surface area (Å²) >= 11 is 0. The maximum absolute atomic E-state index is 13.9. The summed E-state index contributed by atoms with van der Waals surface area (Å²) in [7, 11) is 0. The van der Waals surface area contributed by atoms with Crippen molar-refractivity contribution in [1.29, 1.82) is 0 Å². The number of imide groups is 1. The molecule has 34 heavy (non-hydrogen) atoms. The summed E-state index contributed by atoms with van der Waals surface area (Å²) in [4.78, 5) is 44.0. The van der Waals surface area contributed by atoms with E-state index in [1.54, 1.807) is 6.07 Å². The lowest BCUT2D eigenvalue weighted by molar-refractivity contribution is -0.138. The van der Waals surface area contributed by atoms with Crippen molar-refractivity contribution in [1.82, 2.24) is 4.90 Å². The van der Waals surface area contributed by atoms with Gasteiger partial charge in [0.2, 0.25) is 17.7 Å². The van der Waals surface area contributed by atoms with Crippen LogP contribution in [0, 0.1) is 11.8 Å². The van der Waals surface area contributed by atoms with E-state index >= 15 is 0 Å². The normalized spacial score (nSPS) is 30.2. The molecule has 9 heteroatoms. The average Bonchev–Trinajstić information content (AvgIpc) is 3.51. The number of amides is 3. The number of para-hydroxylation sites is 2. The van der Waals surface area contributed by atoms with E-state index in [0.717, 1.165) is 24.1 Å².